The number of nitrogens with two attached hydrogens (primary N) is 1. The first-order chi connectivity index (χ1) is 8.69. The smallest absolute Gasteiger partial charge is 0.411 e. The first-order valence-corrected chi connectivity index (χ1v) is 5.72. The molecular formula is C13H16N2O3. The van der Waals surface area contributed by atoms with E-state index in [9.17, 15) is 4.79 Å². The van der Waals surface area contributed by atoms with Gasteiger partial charge in [0, 0.05) is 11.4 Å². The Hall–Kier alpha value is -2.01. The minimum absolute atomic E-state index is 0.513. The van der Waals surface area contributed by atoms with Crippen molar-refractivity contribution in [3.8, 4) is 0 Å². The van der Waals surface area contributed by atoms with Gasteiger partial charge in [0.2, 0.25) is 0 Å². The number of carbonyl (C=O) groups excluding carboxylic acids is 1. The molecular weight excluding hydrogens is 232 g/mol. The molecule has 5 nitrogen and oxygen atoms in total. The second-order valence-corrected chi connectivity index (χ2v) is 4.03. The Balaban J connectivity index is 2.25. The van der Waals surface area contributed by atoms with Crippen LogP contribution in [-0.2, 0) is 9.47 Å². The highest BCUT2D eigenvalue weighted by Crippen LogP contribution is 2.25. The number of benzene rings is 1. The van der Waals surface area contributed by atoms with E-state index in [2.05, 4.69) is 16.1 Å². The average Bonchev–Trinajstić information content (AvgIpc) is 2.39. The molecule has 0 aliphatic carbocycles. The number of amides is 1. The second-order valence-electron chi connectivity index (χ2n) is 4.03. The molecule has 0 radical (unpaired) electrons. The van der Waals surface area contributed by atoms with Gasteiger partial charge in [0.15, 0.2) is 0 Å². The van der Waals surface area contributed by atoms with Gasteiger partial charge >= 0.3 is 6.09 Å². The van der Waals surface area contributed by atoms with Crippen molar-refractivity contribution in [3.05, 3.63) is 29.8 Å². The van der Waals surface area contributed by atoms with Gasteiger partial charge in [-0.25, -0.2) is 4.79 Å². The van der Waals surface area contributed by atoms with Gasteiger partial charge in [-0.2, -0.15) is 0 Å². The Morgan fingerprint density at radius 1 is 1.44 bits per heavy atom. The van der Waals surface area contributed by atoms with Gasteiger partial charge in [0.1, 0.15) is 0 Å². The molecule has 1 heterocycles. The van der Waals surface area contributed by atoms with E-state index in [1.807, 2.05) is 12.1 Å². The minimum atomic E-state index is -0.513. The van der Waals surface area contributed by atoms with Crippen LogP contribution in [0.3, 0.4) is 0 Å². The van der Waals surface area contributed by atoms with Crippen LogP contribution in [0.1, 0.15) is 12.0 Å². The van der Waals surface area contributed by atoms with Gasteiger partial charge < -0.3 is 15.2 Å². The van der Waals surface area contributed by atoms with E-state index >= 15 is 0 Å². The summed E-state index contributed by atoms with van der Waals surface area (Å²) < 4.78 is 9.95. The fraction of sp³-hybridized carbons (Fsp3) is 0.308. The summed E-state index contributed by atoms with van der Waals surface area (Å²) in [5.74, 6) is 0. The van der Waals surface area contributed by atoms with E-state index < -0.39 is 6.09 Å². The van der Waals surface area contributed by atoms with Crippen LogP contribution in [-0.4, -0.2) is 26.4 Å². The van der Waals surface area contributed by atoms with Crippen molar-refractivity contribution in [2.75, 3.05) is 31.4 Å². The molecule has 3 N–H and O–H groups in total. The molecule has 0 fully saturated rings. The summed E-state index contributed by atoms with van der Waals surface area (Å²) in [6.45, 7) is 1.32. The topological polar surface area (TPSA) is 73.6 Å². The predicted molar refractivity (Wildman–Crippen MR) is 70.3 cm³/mol. The molecule has 2 rings (SSSR count). The minimum Gasteiger partial charge on any atom is -0.453 e. The quantitative estimate of drug-likeness (QED) is 0.787. The molecule has 0 bridgehead atoms. The first kappa shape index (κ1) is 12.4. The fourth-order valence-corrected chi connectivity index (χ4v) is 1.84. The fourth-order valence-electron chi connectivity index (χ4n) is 1.84. The van der Waals surface area contributed by atoms with Gasteiger partial charge in [0.05, 0.1) is 20.3 Å². The molecule has 0 saturated carbocycles. The molecule has 0 spiro atoms. The molecule has 0 saturated heterocycles. The molecule has 0 unspecified atom stereocenters. The monoisotopic (exact) mass is 248 g/mol. The molecule has 96 valence electrons. The summed E-state index contributed by atoms with van der Waals surface area (Å²) in [6.07, 6.45) is 2.50. The lowest BCUT2D eigenvalue weighted by Crippen LogP contribution is -2.12. The normalized spacial score (nSPS) is 14.8. The lowest BCUT2D eigenvalue weighted by atomic mass is 10.0. The Kier molecular flexibility index (Phi) is 3.84. The number of rotatable bonds is 2. The number of ether oxygens (including phenoxy) is 2. The number of hydrogen-bond acceptors (Lipinski definition) is 4. The molecule has 1 amide bonds. The van der Waals surface area contributed by atoms with Crippen molar-refractivity contribution < 1.29 is 14.3 Å². The van der Waals surface area contributed by atoms with Crippen LogP contribution in [0.2, 0.25) is 0 Å². The van der Waals surface area contributed by atoms with Gasteiger partial charge in [-0.3, -0.25) is 5.32 Å². The zero-order valence-electron chi connectivity index (χ0n) is 10.2. The largest absolute Gasteiger partial charge is 0.453 e. The van der Waals surface area contributed by atoms with Crippen LogP contribution < -0.4 is 11.1 Å². The third-order valence-electron chi connectivity index (χ3n) is 2.67. The van der Waals surface area contributed by atoms with Crippen LogP contribution in [0.4, 0.5) is 16.2 Å². The van der Waals surface area contributed by atoms with E-state index in [-0.39, 0.29) is 0 Å². The van der Waals surface area contributed by atoms with Gasteiger partial charge in [-0.05, 0) is 35.8 Å². The van der Waals surface area contributed by atoms with E-state index in [0.717, 1.165) is 24.2 Å². The van der Waals surface area contributed by atoms with E-state index in [4.69, 9.17) is 10.5 Å². The van der Waals surface area contributed by atoms with Gasteiger partial charge in [-0.1, -0.05) is 6.08 Å². The Morgan fingerprint density at radius 3 is 2.94 bits per heavy atom. The van der Waals surface area contributed by atoms with Crippen molar-refractivity contribution in [1.82, 2.24) is 0 Å². The standard InChI is InChI=1S/C13H16N2O3/c1-17-13(16)15-12-6-10(5-11(14)7-12)9-3-2-4-18-8-9/h3,5-7H,2,4,8,14H2,1H3,(H,15,16). The zero-order chi connectivity index (χ0) is 13.0. The molecule has 0 aromatic heterocycles. The SMILES string of the molecule is COC(=O)Nc1cc(N)cc(C2=CCCOC2)c1. The maximum Gasteiger partial charge on any atom is 0.411 e. The molecule has 18 heavy (non-hydrogen) atoms. The molecule has 1 aliphatic rings. The van der Waals surface area contributed by atoms with E-state index in [0.29, 0.717) is 18.0 Å². The molecule has 0 atom stereocenters. The number of carbonyl (C=O) groups is 1. The highest BCUT2D eigenvalue weighted by atomic mass is 16.5. The summed E-state index contributed by atoms with van der Waals surface area (Å²) in [6, 6.07) is 5.40. The third kappa shape index (κ3) is 3.01. The van der Waals surface area contributed by atoms with Crippen LogP contribution in [0, 0.1) is 0 Å². The lowest BCUT2D eigenvalue weighted by molar-refractivity contribution is 0.164. The van der Waals surface area contributed by atoms with Gasteiger partial charge in [-0.15, -0.1) is 0 Å². The van der Waals surface area contributed by atoms with Crippen LogP contribution in [0.5, 0.6) is 0 Å². The summed E-state index contributed by atoms with van der Waals surface area (Å²) in [5.41, 5.74) is 9.07. The van der Waals surface area contributed by atoms with Crippen molar-refractivity contribution in [1.29, 1.82) is 0 Å². The number of nitrogen functional groups attached to an aromatic ring is 1. The van der Waals surface area contributed by atoms with Crippen LogP contribution in [0.25, 0.3) is 5.57 Å². The predicted octanol–water partition coefficient (Wildman–Crippen LogP) is 2.25. The van der Waals surface area contributed by atoms with Crippen LogP contribution >= 0.6 is 0 Å². The number of anilines is 2. The summed E-state index contributed by atoms with van der Waals surface area (Å²) >= 11 is 0. The third-order valence-corrected chi connectivity index (χ3v) is 2.67. The van der Waals surface area contributed by atoms with Crippen molar-refractivity contribution >= 4 is 23.0 Å². The zero-order valence-corrected chi connectivity index (χ0v) is 10.2. The molecule has 1 aromatic rings. The van der Waals surface area contributed by atoms with Crippen LogP contribution in [0.15, 0.2) is 24.3 Å². The molecule has 1 aliphatic heterocycles. The summed E-state index contributed by atoms with van der Waals surface area (Å²) in [5, 5.41) is 2.60. The summed E-state index contributed by atoms with van der Waals surface area (Å²) in [7, 11) is 1.32. The highest BCUT2D eigenvalue weighted by molar-refractivity contribution is 5.86. The lowest BCUT2D eigenvalue weighted by Gasteiger charge is -2.15. The Bertz CT molecular complexity index is 483. The number of nitrogens with one attached hydrogen (secondary N) is 1. The summed E-state index contributed by atoms with van der Waals surface area (Å²) in [4.78, 5) is 11.2. The van der Waals surface area contributed by atoms with Gasteiger partial charge in [0.25, 0.3) is 0 Å². The van der Waals surface area contributed by atoms with Crippen molar-refractivity contribution in [2.45, 2.75) is 6.42 Å². The van der Waals surface area contributed by atoms with Crippen molar-refractivity contribution in [2.24, 2.45) is 0 Å². The van der Waals surface area contributed by atoms with Crippen molar-refractivity contribution in [3.63, 3.8) is 0 Å². The Morgan fingerprint density at radius 2 is 2.28 bits per heavy atom. The Labute approximate surface area is 106 Å². The second kappa shape index (κ2) is 5.55. The maximum atomic E-state index is 11.2. The first-order valence-electron chi connectivity index (χ1n) is 5.72. The highest BCUT2D eigenvalue weighted by Gasteiger charge is 2.09. The maximum absolute atomic E-state index is 11.2. The number of methoxy groups -OCH3 is 1. The molecule has 5 heteroatoms. The van der Waals surface area contributed by atoms with E-state index in [1.54, 1.807) is 6.07 Å². The number of hydrogen-bond donors (Lipinski definition) is 2. The molecule has 1 aromatic carbocycles. The van der Waals surface area contributed by atoms with E-state index in [1.165, 1.54) is 7.11 Å². The average molecular weight is 248 g/mol.